The number of benzene rings is 2. The summed E-state index contributed by atoms with van der Waals surface area (Å²) in [5.74, 6) is 0.936. The molecule has 0 bridgehead atoms. The summed E-state index contributed by atoms with van der Waals surface area (Å²) in [4.78, 5) is 0. The van der Waals surface area contributed by atoms with Crippen LogP contribution in [-0.4, -0.2) is 10.2 Å². The van der Waals surface area contributed by atoms with Crippen molar-refractivity contribution in [1.29, 1.82) is 0 Å². The first-order valence-electron chi connectivity index (χ1n) is 10.3. The molecule has 148 valence electrons. The Kier molecular flexibility index (Phi) is 6.97. The van der Waals surface area contributed by atoms with Gasteiger partial charge in [0.25, 0.3) is 0 Å². The lowest BCUT2D eigenvalue weighted by molar-refractivity contribution is 0.455. The topological polar surface area (TPSA) is 40.5 Å². The highest BCUT2D eigenvalue weighted by molar-refractivity contribution is 5.46. The predicted octanol–water partition coefficient (Wildman–Crippen LogP) is 6.39. The quantitative estimate of drug-likeness (QED) is 0.556. The van der Waals surface area contributed by atoms with Crippen LogP contribution in [0.5, 0.6) is 11.5 Å². The van der Waals surface area contributed by atoms with E-state index in [0.29, 0.717) is 11.5 Å². The molecule has 2 aromatic rings. The summed E-state index contributed by atoms with van der Waals surface area (Å²) in [5, 5.41) is 21.0. The van der Waals surface area contributed by atoms with E-state index in [0.717, 1.165) is 60.8 Å². The number of phenols is 2. The number of phenolic OH excluding ortho intramolecular Hbond substituents is 2. The molecule has 0 fully saturated rings. The fourth-order valence-electron chi connectivity index (χ4n) is 3.68. The number of rotatable bonds is 7. The number of aryl methyl sites for hydroxylation is 5. The van der Waals surface area contributed by atoms with Crippen molar-refractivity contribution in [1.82, 2.24) is 0 Å². The number of hydrogen-bond acceptors (Lipinski definition) is 2. The van der Waals surface area contributed by atoms with Crippen LogP contribution in [0, 0.1) is 6.92 Å². The van der Waals surface area contributed by atoms with Crippen molar-refractivity contribution < 1.29 is 10.2 Å². The van der Waals surface area contributed by atoms with Crippen molar-refractivity contribution in [3.63, 3.8) is 0 Å². The van der Waals surface area contributed by atoms with Gasteiger partial charge >= 0.3 is 0 Å². The summed E-state index contributed by atoms with van der Waals surface area (Å²) >= 11 is 0. The summed E-state index contributed by atoms with van der Waals surface area (Å²) in [6.45, 7) is 12.9. The molecular formula is C25H36O2. The highest BCUT2D eigenvalue weighted by atomic mass is 16.3. The maximum atomic E-state index is 10.6. The minimum absolute atomic E-state index is 0.0796. The summed E-state index contributed by atoms with van der Waals surface area (Å²) < 4.78 is 0. The zero-order valence-corrected chi connectivity index (χ0v) is 17.9. The molecule has 0 saturated carbocycles. The fourth-order valence-corrected chi connectivity index (χ4v) is 3.68. The Morgan fingerprint density at radius 3 is 1.59 bits per heavy atom. The van der Waals surface area contributed by atoms with E-state index in [-0.39, 0.29) is 5.41 Å². The van der Waals surface area contributed by atoms with E-state index in [4.69, 9.17) is 0 Å². The molecule has 0 aliphatic heterocycles. The van der Waals surface area contributed by atoms with Crippen molar-refractivity contribution in [3.8, 4) is 11.5 Å². The van der Waals surface area contributed by atoms with E-state index in [1.165, 1.54) is 11.1 Å². The molecule has 2 rings (SSSR count). The SMILES string of the molecule is CCc1cc(C)cc(CCCCc2cc(C(C)(C)C)cc(CC)c2O)c1O. The molecule has 0 aliphatic carbocycles. The van der Waals surface area contributed by atoms with Gasteiger partial charge in [-0.05, 0) is 78.7 Å². The van der Waals surface area contributed by atoms with E-state index >= 15 is 0 Å². The molecule has 2 heteroatoms. The molecule has 0 heterocycles. The second-order valence-corrected chi connectivity index (χ2v) is 8.74. The molecule has 2 N–H and O–H groups in total. The van der Waals surface area contributed by atoms with Crippen molar-refractivity contribution in [2.24, 2.45) is 0 Å². The molecule has 0 atom stereocenters. The van der Waals surface area contributed by atoms with Crippen LogP contribution in [0.3, 0.4) is 0 Å². The van der Waals surface area contributed by atoms with Crippen molar-refractivity contribution >= 4 is 0 Å². The van der Waals surface area contributed by atoms with Gasteiger partial charge < -0.3 is 10.2 Å². The number of aromatic hydroxyl groups is 2. The van der Waals surface area contributed by atoms with Gasteiger partial charge in [-0.25, -0.2) is 0 Å². The van der Waals surface area contributed by atoms with Crippen LogP contribution in [0.4, 0.5) is 0 Å². The lowest BCUT2D eigenvalue weighted by atomic mass is 9.83. The average Bonchev–Trinajstić information content (AvgIpc) is 2.61. The van der Waals surface area contributed by atoms with Gasteiger partial charge in [0.15, 0.2) is 0 Å². The van der Waals surface area contributed by atoms with E-state index in [1.54, 1.807) is 0 Å². The summed E-state index contributed by atoms with van der Waals surface area (Å²) in [7, 11) is 0. The third kappa shape index (κ3) is 5.28. The largest absolute Gasteiger partial charge is 0.507 e. The van der Waals surface area contributed by atoms with Crippen LogP contribution in [0.15, 0.2) is 24.3 Å². The van der Waals surface area contributed by atoms with Crippen molar-refractivity contribution in [2.45, 2.75) is 85.5 Å². The first-order chi connectivity index (χ1) is 12.7. The summed E-state index contributed by atoms with van der Waals surface area (Å²) in [6, 6.07) is 8.49. The Hall–Kier alpha value is -1.96. The molecular weight excluding hydrogens is 332 g/mol. The van der Waals surface area contributed by atoms with Crippen LogP contribution >= 0.6 is 0 Å². The summed E-state index contributed by atoms with van der Waals surface area (Å²) in [5.41, 5.74) is 6.76. The normalized spacial score (nSPS) is 11.8. The minimum Gasteiger partial charge on any atom is -0.507 e. The van der Waals surface area contributed by atoms with Gasteiger partial charge in [0.2, 0.25) is 0 Å². The Labute approximate surface area is 165 Å². The van der Waals surface area contributed by atoms with E-state index in [2.05, 4.69) is 65.8 Å². The monoisotopic (exact) mass is 368 g/mol. The average molecular weight is 369 g/mol. The molecule has 0 aromatic heterocycles. The highest BCUT2D eigenvalue weighted by Gasteiger charge is 2.18. The first kappa shape index (κ1) is 21.3. The third-order valence-corrected chi connectivity index (χ3v) is 5.45. The smallest absolute Gasteiger partial charge is 0.121 e. The van der Waals surface area contributed by atoms with E-state index in [9.17, 15) is 10.2 Å². The lowest BCUT2D eigenvalue weighted by Gasteiger charge is -2.22. The fraction of sp³-hybridized carbons (Fsp3) is 0.520. The Morgan fingerprint density at radius 2 is 1.11 bits per heavy atom. The molecule has 0 saturated heterocycles. The first-order valence-corrected chi connectivity index (χ1v) is 10.3. The van der Waals surface area contributed by atoms with Gasteiger partial charge in [-0.3, -0.25) is 0 Å². The number of unbranched alkanes of at least 4 members (excludes halogenated alkanes) is 1. The Morgan fingerprint density at radius 1 is 0.704 bits per heavy atom. The van der Waals surface area contributed by atoms with Gasteiger partial charge in [0.1, 0.15) is 11.5 Å². The van der Waals surface area contributed by atoms with Crippen molar-refractivity contribution in [2.75, 3.05) is 0 Å². The zero-order valence-electron chi connectivity index (χ0n) is 17.9. The van der Waals surface area contributed by atoms with Crippen LogP contribution in [0.25, 0.3) is 0 Å². The molecule has 2 nitrogen and oxygen atoms in total. The van der Waals surface area contributed by atoms with Crippen LogP contribution in [0.2, 0.25) is 0 Å². The second kappa shape index (κ2) is 8.82. The summed E-state index contributed by atoms with van der Waals surface area (Å²) in [6.07, 6.45) is 5.45. The van der Waals surface area contributed by atoms with Gasteiger partial charge in [-0.15, -0.1) is 0 Å². The van der Waals surface area contributed by atoms with Gasteiger partial charge in [-0.1, -0.05) is 64.4 Å². The van der Waals surface area contributed by atoms with Gasteiger partial charge in [0, 0.05) is 0 Å². The second-order valence-electron chi connectivity index (χ2n) is 8.74. The highest BCUT2D eigenvalue weighted by Crippen LogP contribution is 2.33. The van der Waals surface area contributed by atoms with E-state index < -0.39 is 0 Å². The number of hydrogen-bond donors (Lipinski definition) is 2. The maximum Gasteiger partial charge on any atom is 0.121 e. The molecule has 0 amide bonds. The van der Waals surface area contributed by atoms with Gasteiger partial charge in [-0.2, -0.15) is 0 Å². The van der Waals surface area contributed by atoms with Crippen LogP contribution < -0.4 is 0 Å². The molecule has 0 aliphatic rings. The Bertz CT molecular complexity index is 782. The lowest BCUT2D eigenvalue weighted by Crippen LogP contribution is -2.12. The zero-order chi connectivity index (χ0) is 20.2. The van der Waals surface area contributed by atoms with Crippen LogP contribution in [-0.2, 0) is 31.1 Å². The van der Waals surface area contributed by atoms with E-state index in [1.807, 2.05) is 0 Å². The molecule has 27 heavy (non-hydrogen) atoms. The molecule has 2 aromatic carbocycles. The molecule has 0 spiro atoms. The predicted molar refractivity (Wildman–Crippen MR) is 115 cm³/mol. The minimum atomic E-state index is 0.0796. The molecule has 0 unspecified atom stereocenters. The molecule has 0 radical (unpaired) electrons. The van der Waals surface area contributed by atoms with Crippen molar-refractivity contribution in [3.05, 3.63) is 57.6 Å². The standard InChI is InChI=1S/C25H36O2/c1-7-18-13-17(3)14-20(23(18)26)11-9-10-12-21-16-22(25(4,5)6)15-19(8-2)24(21)27/h13-16,26-27H,7-12H2,1-6H3. The van der Waals surface area contributed by atoms with Gasteiger partial charge in [0.05, 0.1) is 0 Å². The van der Waals surface area contributed by atoms with Crippen LogP contribution in [0.1, 0.15) is 80.8 Å². The third-order valence-electron chi connectivity index (χ3n) is 5.45. The maximum absolute atomic E-state index is 10.6. The Balaban J connectivity index is 2.09.